The van der Waals surface area contributed by atoms with Gasteiger partial charge in [0.25, 0.3) is 0 Å². The summed E-state index contributed by atoms with van der Waals surface area (Å²) in [5.41, 5.74) is 1.99. The lowest BCUT2D eigenvalue weighted by molar-refractivity contribution is 0.173. The zero-order valence-electron chi connectivity index (χ0n) is 12.3. The topological polar surface area (TPSA) is 68.2 Å². The molecule has 0 saturated heterocycles. The van der Waals surface area contributed by atoms with E-state index >= 15 is 0 Å². The number of ether oxygens (including phenoxy) is 3. The average molecular weight is 302 g/mol. The van der Waals surface area contributed by atoms with E-state index < -0.39 is 0 Å². The quantitative estimate of drug-likeness (QED) is 0.888. The molecule has 0 unspecified atom stereocenters. The fourth-order valence-electron chi connectivity index (χ4n) is 2.50. The first-order valence-corrected chi connectivity index (χ1v) is 7.15. The molecule has 22 heavy (non-hydrogen) atoms. The Balaban J connectivity index is 1.98. The first kappa shape index (κ1) is 14.5. The second-order valence-corrected chi connectivity index (χ2v) is 5.13. The van der Waals surface area contributed by atoms with E-state index in [-0.39, 0.29) is 31.7 Å². The van der Waals surface area contributed by atoms with Crippen LogP contribution in [0, 0.1) is 0 Å². The van der Waals surface area contributed by atoms with Crippen LogP contribution < -0.4 is 14.2 Å². The maximum Gasteiger partial charge on any atom is 0.231 e. The average Bonchev–Trinajstić information content (AvgIpc) is 2.99. The van der Waals surface area contributed by atoms with Crippen LogP contribution in [0.1, 0.15) is 24.0 Å². The summed E-state index contributed by atoms with van der Waals surface area (Å²) < 4.78 is 16.5. The number of aliphatic hydroxyl groups excluding tert-OH is 1. The molecule has 5 nitrogen and oxygen atoms in total. The van der Waals surface area contributed by atoms with Crippen LogP contribution in [-0.2, 0) is 0 Å². The van der Waals surface area contributed by atoms with Crippen LogP contribution >= 0.6 is 0 Å². The first-order chi connectivity index (χ1) is 10.7. The monoisotopic (exact) mass is 302 g/mol. The lowest BCUT2D eigenvalue weighted by Crippen LogP contribution is -2.06. The largest absolute Gasteiger partial charge is 0.508 e. The molecule has 5 heteroatoms. The van der Waals surface area contributed by atoms with Crippen LogP contribution in [0.25, 0.3) is 0 Å². The molecule has 2 aromatic carbocycles. The smallest absolute Gasteiger partial charge is 0.231 e. The Morgan fingerprint density at radius 2 is 1.82 bits per heavy atom. The molecule has 0 aliphatic carbocycles. The van der Waals surface area contributed by atoms with Gasteiger partial charge in [-0.1, -0.05) is 19.1 Å². The summed E-state index contributed by atoms with van der Waals surface area (Å²) in [6, 6.07) is 10.8. The number of fused-ring (bicyclic) bond motifs is 1. The molecule has 0 saturated carbocycles. The van der Waals surface area contributed by atoms with Gasteiger partial charge in [0.05, 0.1) is 6.61 Å². The molecule has 1 heterocycles. The number of rotatable bonds is 5. The molecule has 116 valence electrons. The second kappa shape index (κ2) is 6.15. The van der Waals surface area contributed by atoms with Crippen LogP contribution in [0.15, 0.2) is 36.4 Å². The van der Waals surface area contributed by atoms with E-state index in [0.29, 0.717) is 17.2 Å². The predicted molar refractivity (Wildman–Crippen MR) is 80.8 cm³/mol. The van der Waals surface area contributed by atoms with Crippen LogP contribution in [0.5, 0.6) is 23.0 Å². The van der Waals surface area contributed by atoms with Gasteiger partial charge >= 0.3 is 0 Å². The minimum absolute atomic E-state index is 0.0452. The number of hydrogen-bond acceptors (Lipinski definition) is 5. The standard InChI is InChI=1S/C17H18O5/c1-11(12-2-4-13(19)5-3-12)14-8-16-17(22-10-21-16)9-15(14)20-7-6-18/h2-5,8-9,11,18-19H,6-7,10H2,1H3/t11-/m0/s1. The second-order valence-electron chi connectivity index (χ2n) is 5.13. The van der Waals surface area contributed by atoms with E-state index in [1.165, 1.54) is 0 Å². The molecule has 1 aliphatic heterocycles. The molecule has 3 rings (SSSR count). The van der Waals surface area contributed by atoms with Gasteiger partial charge in [-0.2, -0.15) is 0 Å². The number of aliphatic hydroxyl groups is 1. The Morgan fingerprint density at radius 1 is 1.14 bits per heavy atom. The molecular formula is C17H18O5. The first-order valence-electron chi connectivity index (χ1n) is 7.15. The minimum atomic E-state index is -0.0541. The van der Waals surface area contributed by atoms with Crippen molar-refractivity contribution in [2.24, 2.45) is 0 Å². The Labute approximate surface area is 128 Å². The summed E-state index contributed by atoms with van der Waals surface area (Å²) in [4.78, 5) is 0. The highest BCUT2D eigenvalue weighted by Gasteiger charge is 2.22. The zero-order valence-corrected chi connectivity index (χ0v) is 12.3. The third-order valence-corrected chi connectivity index (χ3v) is 3.71. The van der Waals surface area contributed by atoms with E-state index in [1.54, 1.807) is 18.2 Å². The number of phenolic OH excluding ortho intramolecular Hbond substituents is 1. The van der Waals surface area contributed by atoms with Gasteiger partial charge in [0.2, 0.25) is 6.79 Å². The minimum Gasteiger partial charge on any atom is -0.508 e. The van der Waals surface area contributed by atoms with Gasteiger partial charge in [0, 0.05) is 17.5 Å². The highest BCUT2D eigenvalue weighted by molar-refractivity contribution is 5.54. The Kier molecular flexibility index (Phi) is 4.06. The lowest BCUT2D eigenvalue weighted by atomic mass is 9.92. The van der Waals surface area contributed by atoms with Crippen molar-refractivity contribution in [1.82, 2.24) is 0 Å². The van der Waals surface area contributed by atoms with Crippen molar-refractivity contribution in [3.8, 4) is 23.0 Å². The number of benzene rings is 2. The molecule has 0 spiro atoms. The van der Waals surface area contributed by atoms with E-state index in [9.17, 15) is 5.11 Å². The van der Waals surface area contributed by atoms with E-state index in [2.05, 4.69) is 6.92 Å². The van der Waals surface area contributed by atoms with Gasteiger partial charge in [-0.25, -0.2) is 0 Å². The van der Waals surface area contributed by atoms with Crippen LogP contribution in [0.3, 0.4) is 0 Å². The highest BCUT2D eigenvalue weighted by Crippen LogP contribution is 2.42. The van der Waals surface area contributed by atoms with Crippen molar-refractivity contribution >= 4 is 0 Å². The van der Waals surface area contributed by atoms with Crippen LogP contribution in [0.4, 0.5) is 0 Å². The summed E-state index contributed by atoms with van der Waals surface area (Å²) in [7, 11) is 0. The zero-order chi connectivity index (χ0) is 15.5. The van der Waals surface area contributed by atoms with Crippen LogP contribution in [0.2, 0.25) is 0 Å². The van der Waals surface area contributed by atoms with E-state index in [4.69, 9.17) is 19.3 Å². The summed E-state index contributed by atoms with van der Waals surface area (Å²) in [5, 5.41) is 18.4. The van der Waals surface area contributed by atoms with E-state index in [1.807, 2.05) is 18.2 Å². The third kappa shape index (κ3) is 2.80. The molecule has 0 bridgehead atoms. The van der Waals surface area contributed by atoms with Gasteiger partial charge < -0.3 is 24.4 Å². The Bertz CT molecular complexity index is 651. The number of hydrogen-bond donors (Lipinski definition) is 2. The molecular weight excluding hydrogens is 284 g/mol. The summed E-state index contributed by atoms with van der Waals surface area (Å²) in [6.07, 6.45) is 0. The van der Waals surface area contributed by atoms with Gasteiger partial charge in [-0.05, 0) is 23.8 Å². The normalized spacial score (nSPS) is 13.9. The number of aromatic hydroxyl groups is 1. The molecule has 0 aromatic heterocycles. The fraction of sp³-hybridized carbons (Fsp3) is 0.294. The molecule has 1 atom stereocenters. The van der Waals surface area contributed by atoms with Crippen molar-refractivity contribution in [2.45, 2.75) is 12.8 Å². The van der Waals surface area contributed by atoms with Crippen molar-refractivity contribution < 1.29 is 24.4 Å². The molecule has 0 amide bonds. The SMILES string of the molecule is C[C@@H](c1ccc(O)cc1)c1cc2c(cc1OCCO)OCO2. The molecule has 1 aliphatic rings. The molecule has 0 fully saturated rings. The number of phenols is 1. The van der Waals surface area contributed by atoms with E-state index in [0.717, 1.165) is 11.1 Å². The molecule has 2 N–H and O–H groups in total. The predicted octanol–water partition coefficient (Wildman–Crippen LogP) is 2.64. The van der Waals surface area contributed by atoms with Gasteiger partial charge in [0.1, 0.15) is 18.1 Å². The van der Waals surface area contributed by atoms with Crippen LogP contribution in [-0.4, -0.2) is 30.2 Å². The van der Waals surface area contributed by atoms with Crippen molar-refractivity contribution in [3.05, 3.63) is 47.5 Å². The highest BCUT2D eigenvalue weighted by atomic mass is 16.7. The summed E-state index contributed by atoms with van der Waals surface area (Å²) >= 11 is 0. The molecule has 0 radical (unpaired) electrons. The lowest BCUT2D eigenvalue weighted by Gasteiger charge is -2.18. The van der Waals surface area contributed by atoms with Gasteiger partial charge in [0.15, 0.2) is 11.5 Å². The fourth-order valence-corrected chi connectivity index (χ4v) is 2.50. The third-order valence-electron chi connectivity index (χ3n) is 3.71. The van der Waals surface area contributed by atoms with Crippen molar-refractivity contribution in [3.63, 3.8) is 0 Å². The maximum absolute atomic E-state index is 9.42. The molecule has 2 aromatic rings. The van der Waals surface area contributed by atoms with Crippen molar-refractivity contribution in [1.29, 1.82) is 0 Å². The van der Waals surface area contributed by atoms with Gasteiger partial charge in [-0.3, -0.25) is 0 Å². The Morgan fingerprint density at radius 3 is 2.50 bits per heavy atom. The summed E-state index contributed by atoms with van der Waals surface area (Å²) in [5.74, 6) is 2.28. The summed E-state index contributed by atoms with van der Waals surface area (Å²) in [6.45, 7) is 2.41. The maximum atomic E-state index is 9.42. The Hall–Kier alpha value is -2.40. The van der Waals surface area contributed by atoms with Gasteiger partial charge in [-0.15, -0.1) is 0 Å². The van der Waals surface area contributed by atoms with Crippen molar-refractivity contribution in [2.75, 3.05) is 20.0 Å².